The number of hydrogen-bond acceptors (Lipinski definition) is 5. The van der Waals surface area contributed by atoms with Crippen molar-refractivity contribution in [2.75, 3.05) is 0 Å². The molecule has 0 aliphatic rings. The molecule has 0 atom stereocenters. The topological polar surface area (TPSA) is 51.8 Å². The molecule has 0 aliphatic heterocycles. The Bertz CT molecular complexity index is 755. The molecule has 3 aromatic rings. The molecule has 0 fully saturated rings. The molecular weight excluding hydrogens is 277 g/mol. The molecule has 0 amide bonds. The number of thiol groups is 1. The van der Waals surface area contributed by atoms with Crippen molar-refractivity contribution in [2.24, 2.45) is 0 Å². The number of aromatic nitrogens is 3. The van der Waals surface area contributed by atoms with Gasteiger partial charge in [0.2, 0.25) is 0 Å². The first-order chi connectivity index (χ1) is 9.65. The maximum Gasteiger partial charge on any atom is 0.184 e. The molecule has 0 aliphatic carbocycles. The van der Waals surface area contributed by atoms with E-state index in [1.807, 2.05) is 0 Å². The fraction of sp³-hybridized carbons (Fsp3) is 0.0714. The van der Waals surface area contributed by atoms with Gasteiger partial charge in [-0.2, -0.15) is 0 Å². The van der Waals surface area contributed by atoms with E-state index in [4.69, 9.17) is 4.52 Å². The van der Waals surface area contributed by atoms with Crippen LogP contribution >= 0.6 is 12.6 Å². The van der Waals surface area contributed by atoms with Crippen molar-refractivity contribution in [3.8, 4) is 22.5 Å². The summed E-state index contributed by atoms with van der Waals surface area (Å²) in [6, 6.07) is 7.82. The van der Waals surface area contributed by atoms with Crippen LogP contribution in [0.4, 0.5) is 4.39 Å². The van der Waals surface area contributed by atoms with Gasteiger partial charge >= 0.3 is 0 Å². The highest BCUT2D eigenvalue weighted by molar-refractivity contribution is 7.80. The predicted octanol–water partition coefficient (Wildman–Crippen LogP) is 3.53. The fourth-order valence-corrected chi connectivity index (χ4v) is 2.14. The van der Waals surface area contributed by atoms with Crippen molar-refractivity contribution >= 4 is 12.6 Å². The minimum absolute atomic E-state index is 0.296. The Morgan fingerprint density at radius 2 is 1.90 bits per heavy atom. The van der Waals surface area contributed by atoms with Crippen LogP contribution in [0.25, 0.3) is 22.5 Å². The van der Waals surface area contributed by atoms with Gasteiger partial charge in [0.05, 0.1) is 11.3 Å². The first-order valence-corrected chi connectivity index (χ1v) is 6.34. The van der Waals surface area contributed by atoms with E-state index in [0.717, 1.165) is 11.1 Å². The molecule has 0 radical (unpaired) electrons. The Balaban J connectivity index is 2.17. The maximum absolute atomic E-state index is 13.0. The molecule has 4 nitrogen and oxygen atoms in total. The third-order valence-corrected chi connectivity index (χ3v) is 3.09. The Morgan fingerprint density at radius 3 is 2.60 bits per heavy atom. The molecule has 1 aromatic carbocycles. The standard InChI is InChI=1S/C14H10FN3OS/c1-8-12(11-6-7-16-14(20)17-11)13(18-19-8)9-2-4-10(15)5-3-9/h2-7H,1H3,(H,16,17,20). The Morgan fingerprint density at radius 1 is 1.15 bits per heavy atom. The second-order valence-electron chi connectivity index (χ2n) is 4.21. The summed E-state index contributed by atoms with van der Waals surface area (Å²) in [6.07, 6.45) is 1.62. The van der Waals surface area contributed by atoms with Crippen LogP contribution in [0.5, 0.6) is 0 Å². The highest BCUT2D eigenvalue weighted by Crippen LogP contribution is 2.33. The quantitative estimate of drug-likeness (QED) is 0.578. The lowest BCUT2D eigenvalue weighted by molar-refractivity contribution is 0.400. The normalized spacial score (nSPS) is 10.8. The molecule has 3 rings (SSSR count). The van der Waals surface area contributed by atoms with Crippen molar-refractivity contribution < 1.29 is 8.91 Å². The lowest BCUT2D eigenvalue weighted by Crippen LogP contribution is -1.90. The molecule has 100 valence electrons. The fourth-order valence-electron chi connectivity index (χ4n) is 1.97. The van der Waals surface area contributed by atoms with E-state index < -0.39 is 0 Å². The van der Waals surface area contributed by atoms with E-state index in [1.165, 1.54) is 12.1 Å². The average molecular weight is 287 g/mol. The number of aryl methyl sites for hydroxylation is 1. The minimum atomic E-state index is -0.296. The van der Waals surface area contributed by atoms with Gasteiger partial charge < -0.3 is 4.52 Å². The molecule has 20 heavy (non-hydrogen) atoms. The summed E-state index contributed by atoms with van der Waals surface area (Å²) in [6.45, 7) is 1.80. The van der Waals surface area contributed by atoms with Gasteiger partial charge in [0.1, 0.15) is 17.3 Å². The summed E-state index contributed by atoms with van der Waals surface area (Å²) >= 11 is 4.13. The average Bonchev–Trinajstić information content (AvgIpc) is 2.81. The van der Waals surface area contributed by atoms with Crippen LogP contribution in [-0.2, 0) is 0 Å². The van der Waals surface area contributed by atoms with Crippen LogP contribution in [0.3, 0.4) is 0 Å². The van der Waals surface area contributed by atoms with Crippen LogP contribution in [0, 0.1) is 12.7 Å². The summed E-state index contributed by atoms with van der Waals surface area (Å²) in [4.78, 5) is 8.21. The lowest BCUT2D eigenvalue weighted by atomic mass is 10.0. The molecule has 2 aromatic heterocycles. The first kappa shape index (κ1) is 12.8. The van der Waals surface area contributed by atoms with E-state index in [9.17, 15) is 4.39 Å². The number of halogens is 1. The van der Waals surface area contributed by atoms with Crippen molar-refractivity contribution in [2.45, 2.75) is 12.1 Å². The molecular formula is C14H10FN3OS. The molecule has 0 N–H and O–H groups in total. The molecule has 0 saturated heterocycles. The Labute approximate surface area is 120 Å². The van der Waals surface area contributed by atoms with Gasteiger partial charge in [-0.25, -0.2) is 14.4 Å². The van der Waals surface area contributed by atoms with Gasteiger partial charge in [-0.3, -0.25) is 0 Å². The van der Waals surface area contributed by atoms with Gasteiger partial charge in [0.15, 0.2) is 5.16 Å². The van der Waals surface area contributed by atoms with E-state index >= 15 is 0 Å². The van der Waals surface area contributed by atoms with E-state index in [1.54, 1.807) is 31.3 Å². The number of hydrogen-bond donors (Lipinski definition) is 1. The second-order valence-corrected chi connectivity index (χ2v) is 4.61. The van der Waals surface area contributed by atoms with Crippen molar-refractivity contribution in [1.29, 1.82) is 0 Å². The second kappa shape index (κ2) is 5.05. The van der Waals surface area contributed by atoms with Crippen LogP contribution in [0.2, 0.25) is 0 Å². The zero-order valence-electron chi connectivity index (χ0n) is 10.5. The summed E-state index contributed by atoms with van der Waals surface area (Å²) in [5.74, 6) is 0.339. The predicted molar refractivity (Wildman–Crippen MR) is 74.9 cm³/mol. The highest BCUT2D eigenvalue weighted by Gasteiger charge is 2.18. The van der Waals surface area contributed by atoms with E-state index in [2.05, 4.69) is 27.8 Å². The largest absolute Gasteiger partial charge is 0.360 e. The first-order valence-electron chi connectivity index (χ1n) is 5.90. The summed E-state index contributed by atoms with van der Waals surface area (Å²) in [5.41, 5.74) is 2.81. The minimum Gasteiger partial charge on any atom is -0.360 e. The maximum atomic E-state index is 13.0. The molecule has 0 spiro atoms. The monoisotopic (exact) mass is 287 g/mol. The number of nitrogens with zero attached hydrogens (tertiary/aromatic N) is 3. The smallest absolute Gasteiger partial charge is 0.184 e. The van der Waals surface area contributed by atoms with Gasteiger partial charge in [0, 0.05) is 11.8 Å². The zero-order chi connectivity index (χ0) is 14.1. The highest BCUT2D eigenvalue weighted by atomic mass is 32.1. The van der Waals surface area contributed by atoms with E-state index in [-0.39, 0.29) is 5.82 Å². The molecule has 0 saturated carbocycles. The van der Waals surface area contributed by atoms with E-state index in [0.29, 0.717) is 22.3 Å². The van der Waals surface area contributed by atoms with Crippen LogP contribution in [-0.4, -0.2) is 15.1 Å². The molecule has 0 bridgehead atoms. The van der Waals surface area contributed by atoms with Gasteiger partial charge in [0.25, 0.3) is 0 Å². The van der Waals surface area contributed by atoms with Gasteiger partial charge in [-0.15, -0.1) is 12.6 Å². The van der Waals surface area contributed by atoms with Crippen molar-refractivity contribution in [3.05, 3.63) is 48.1 Å². The third-order valence-electron chi connectivity index (χ3n) is 2.88. The molecule has 0 unspecified atom stereocenters. The molecule has 6 heteroatoms. The van der Waals surface area contributed by atoms with Crippen LogP contribution in [0.15, 0.2) is 46.2 Å². The third kappa shape index (κ3) is 2.30. The van der Waals surface area contributed by atoms with Gasteiger partial charge in [-0.1, -0.05) is 5.16 Å². The number of rotatable bonds is 2. The molecule has 2 heterocycles. The van der Waals surface area contributed by atoms with Crippen molar-refractivity contribution in [3.63, 3.8) is 0 Å². The van der Waals surface area contributed by atoms with Gasteiger partial charge in [-0.05, 0) is 37.3 Å². The Hall–Kier alpha value is -2.21. The number of benzene rings is 1. The van der Waals surface area contributed by atoms with Crippen LogP contribution in [0.1, 0.15) is 5.76 Å². The lowest BCUT2D eigenvalue weighted by Gasteiger charge is -2.02. The van der Waals surface area contributed by atoms with Crippen LogP contribution < -0.4 is 0 Å². The zero-order valence-corrected chi connectivity index (χ0v) is 11.4. The van der Waals surface area contributed by atoms with Crippen molar-refractivity contribution in [1.82, 2.24) is 15.1 Å². The summed E-state index contributed by atoms with van der Waals surface area (Å²) in [5, 5.41) is 4.41. The SMILES string of the molecule is Cc1onc(-c2ccc(F)cc2)c1-c1ccnc(S)n1. The summed E-state index contributed by atoms with van der Waals surface area (Å²) in [7, 11) is 0. The summed E-state index contributed by atoms with van der Waals surface area (Å²) < 4.78 is 18.3. The Kier molecular flexibility index (Phi) is 3.23.